The molecule has 0 heterocycles. The van der Waals surface area contributed by atoms with E-state index in [-0.39, 0.29) is 31.1 Å². The molecule has 0 aromatic carbocycles. The molecule has 0 bridgehead atoms. The smallest absolute Gasteiger partial charge is 0.306 e. The maximum atomic E-state index is 12.7. The van der Waals surface area contributed by atoms with Crippen LogP contribution in [0.15, 0.2) is 0 Å². The van der Waals surface area contributed by atoms with Gasteiger partial charge in [0, 0.05) is 19.3 Å². The van der Waals surface area contributed by atoms with E-state index in [1.54, 1.807) is 0 Å². The second kappa shape index (κ2) is 45.5. The van der Waals surface area contributed by atoms with E-state index in [9.17, 15) is 14.4 Å². The van der Waals surface area contributed by atoms with Gasteiger partial charge in [0.15, 0.2) is 6.10 Å². The molecular formula is C51H98O6. The lowest BCUT2D eigenvalue weighted by molar-refractivity contribution is -0.167. The minimum absolute atomic E-state index is 0.0639. The summed E-state index contributed by atoms with van der Waals surface area (Å²) in [6.45, 7) is 8.99. The maximum Gasteiger partial charge on any atom is 0.306 e. The summed E-state index contributed by atoms with van der Waals surface area (Å²) in [6, 6.07) is 0. The van der Waals surface area contributed by atoms with Crippen molar-refractivity contribution in [1.29, 1.82) is 0 Å². The summed E-state index contributed by atoms with van der Waals surface area (Å²) in [7, 11) is 0. The van der Waals surface area contributed by atoms with Crippen LogP contribution in [0, 0.1) is 5.92 Å². The van der Waals surface area contributed by atoms with Gasteiger partial charge in [-0.05, 0) is 25.2 Å². The Morgan fingerprint density at radius 2 is 0.614 bits per heavy atom. The molecule has 0 rings (SSSR count). The average Bonchev–Trinajstić information content (AvgIpc) is 3.21. The zero-order valence-corrected chi connectivity index (χ0v) is 38.8. The van der Waals surface area contributed by atoms with Crippen LogP contribution in [0.1, 0.15) is 285 Å². The molecule has 0 spiro atoms. The normalized spacial score (nSPS) is 12.4. The molecule has 0 aliphatic carbocycles. The van der Waals surface area contributed by atoms with Gasteiger partial charge in [0.2, 0.25) is 0 Å². The van der Waals surface area contributed by atoms with Gasteiger partial charge in [-0.3, -0.25) is 14.4 Å². The van der Waals surface area contributed by atoms with E-state index >= 15 is 0 Å². The molecule has 0 fully saturated rings. The molecule has 0 aromatic heterocycles. The van der Waals surface area contributed by atoms with Gasteiger partial charge in [-0.2, -0.15) is 0 Å². The topological polar surface area (TPSA) is 78.9 Å². The summed E-state index contributed by atoms with van der Waals surface area (Å²) < 4.78 is 16.7. The van der Waals surface area contributed by atoms with Crippen LogP contribution in [-0.2, 0) is 28.6 Å². The van der Waals surface area contributed by atoms with E-state index < -0.39 is 6.10 Å². The van der Waals surface area contributed by atoms with Crippen molar-refractivity contribution < 1.29 is 28.6 Å². The van der Waals surface area contributed by atoms with Crippen LogP contribution in [0.2, 0.25) is 0 Å². The highest BCUT2D eigenvalue weighted by Crippen LogP contribution is 2.18. The molecule has 0 saturated carbocycles. The predicted molar refractivity (Wildman–Crippen MR) is 243 cm³/mol. The number of carbonyl (C=O) groups is 3. The lowest BCUT2D eigenvalue weighted by atomic mass is 9.99. The van der Waals surface area contributed by atoms with Crippen LogP contribution in [0.3, 0.4) is 0 Å². The Morgan fingerprint density at radius 3 is 0.912 bits per heavy atom. The molecule has 0 N–H and O–H groups in total. The Labute approximate surface area is 355 Å². The zero-order chi connectivity index (χ0) is 41.7. The van der Waals surface area contributed by atoms with Crippen molar-refractivity contribution in [2.75, 3.05) is 13.2 Å². The first-order valence-corrected chi connectivity index (χ1v) is 25.4. The van der Waals surface area contributed by atoms with Crippen molar-refractivity contribution in [1.82, 2.24) is 0 Å². The molecule has 1 unspecified atom stereocenters. The van der Waals surface area contributed by atoms with Crippen LogP contribution in [0.5, 0.6) is 0 Å². The first-order valence-electron chi connectivity index (χ1n) is 25.4. The minimum Gasteiger partial charge on any atom is -0.462 e. The highest BCUT2D eigenvalue weighted by Gasteiger charge is 2.19. The number of unbranched alkanes of at least 4 members (excludes halogenated alkanes) is 32. The third-order valence-electron chi connectivity index (χ3n) is 11.9. The van der Waals surface area contributed by atoms with Gasteiger partial charge in [-0.15, -0.1) is 0 Å². The second-order valence-corrected chi connectivity index (χ2v) is 17.7. The molecule has 0 aliphatic rings. The Balaban J connectivity index is 4.12. The molecular weight excluding hydrogens is 709 g/mol. The third kappa shape index (κ3) is 43.8. The summed E-state index contributed by atoms with van der Waals surface area (Å²) in [5.74, 6) is 0.0343. The van der Waals surface area contributed by atoms with Crippen molar-refractivity contribution in [3.63, 3.8) is 0 Å². The average molecular weight is 807 g/mol. The fourth-order valence-corrected chi connectivity index (χ4v) is 7.66. The van der Waals surface area contributed by atoms with E-state index in [1.165, 1.54) is 173 Å². The second-order valence-electron chi connectivity index (χ2n) is 17.7. The van der Waals surface area contributed by atoms with Gasteiger partial charge in [0.1, 0.15) is 13.2 Å². The fraction of sp³-hybridized carbons (Fsp3) is 0.941. The summed E-state index contributed by atoms with van der Waals surface area (Å²) in [5.41, 5.74) is 0. The van der Waals surface area contributed by atoms with Crippen LogP contribution in [0.4, 0.5) is 0 Å². The number of ether oxygens (including phenoxy) is 3. The van der Waals surface area contributed by atoms with Crippen LogP contribution in [-0.4, -0.2) is 37.2 Å². The van der Waals surface area contributed by atoms with Crippen LogP contribution >= 0.6 is 0 Å². The first-order chi connectivity index (χ1) is 27.9. The van der Waals surface area contributed by atoms with Gasteiger partial charge >= 0.3 is 17.9 Å². The van der Waals surface area contributed by atoms with Gasteiger partial charge in [-0.1, -0.05) is 246 Å². The van der Waals surface area contributed by atoms with Gasteiger partial charge < -0.3 is 14.2 Å². The SMILES string of the molecule is CCCCCCCCCCCCCCCCCCC(=O)OC[C@@H](COC(=O)CCCCCCC)OC(=O)CCCCCCCCCCCCCCCCC(C)CC. The quantitative estimate of drug-likeness (QED) is 0.0346. The maximum absolute atomic E-state index is 12.7. The van der Waals surface area contributed by atoms with E-state index in [2.05, 4.69) is 27.7 Å². The van der Waals surface area contributed by atoms with Crippen LogP contribution < -0.4 is 0 Å². The molecule has 57 heavy (non-hydrogen) atoms. The molecule has 2 atom stereocenters. The third-order valence-corrected chi connectivity index (χ3v) is 11.9. The standard InChI is InChI=1S/C51H98O6/c1-5-8-10-12-13-14-15-16-17-18-22-25-28-31-35-39-43-50(53)56-46-48(45-55-49(52)42-38-33-11-9-6-2)57-51(54)44-40-36-32-29-26-23-20-19-21-24-27-30-34-37-41-47(4)7-3/h47-48H,5-46H2,1-4H3/t47?,48-/m1/s1. The number of hydrogen-bond acceptors (Lipinski definition) is 6. The Morgan fingerprint density at radius 1 is 0.351 bits per heavy atom. The number of hydrogen-bond donors (Lipinski definition) is 0. The summed E-state index contributed by atoms with van der Waals surface area (Å²) >= 11 is 0. The van der Waals surface area contributed by atoms with Crippen molar-refractivity contribution in [2.45, 2.75) is 291 Å². The largest absolute Gasteiger partial charge is 0.462 e. The lowest BCUT2D eigenvalue weighted by Gasteiger charge is -2.18. The van der Waals surface area contributed by atoms with E-state index in [1.807, 2.05) is 0 Å². The molecule has 0 aromatic rings. The van der Waals surface area contributed by atoms with E-state index in [0.717, 1.165) is 70.1 Å². The van der Waals surface area contributed by atoms with Crippen LogP contribution in [0.25, 0.3) is 0 Å². The van der Waals surface area contributed by atoms with Crippen molar-refractivity contribution in [2.24, 2.45) is 5.92 Å². The minimum atomic E-state index is -0.758. The summed E-state index contributed by atoms with van der Waals surface area (Å²) in [6.07, 6.45) is 46.8. The fourth-order valence-electron chi connectivity index (χ4n) is 7.66. The van der Waals surface area contributed by atoms with Gasteiger partial charge in [0.05, 0.1) is 0 Å². The molecule has 6 nitrogen and oxygen atoms in total. The summed E-state index contributed by atoms with van der Waals surface area (Å²) in [4.78, 5) is 37.6. The van der Waals surface area contributed by atoms with E-state index in [4.69, 9.17) is 14.2 Å². The van der Waals surface area contributed by atoms with E-state index in [0.29, 0.717) is 19.3 Å². The van der Waals surface area contributed by atoms with Crippen molar-refractivity contribution >= 4 is 17.9 Å². The highest BCUT2D eigenvalue weighted by molar-refractivity contribution is 5.71. The molecule has 338 valence electrons. The first kappa shape index (κ1) is 55.4. The monoisotopic (exact) mass is 807 g/mol. The zero-order valence-electron chi connectivity index (χ0n) is 38.8. The molecule has 0 saturated heterocycles. The highest BCUT2D eigenvalue weighted by atomic mass is 16.6. The predicted octanol–water partition coefficient (Wildman–Crippen LogP) is 16.3. The number of carbonyl (C=O) groups excluding carboxylic acids is 3. The number of rotatable bonds is 46. The summed E-state index contributed by atoms with van der Waals surface area (Å²) in [5, 5.41) is 0. The molecule has 0 radical (unpaired) electrons. The van der Waals surface area contributed by atoms with Crippen molar-refractivity contribution in [3.8, 4) is 0 Å². The molecule has 0 aliphatic heterocycles. The van der Waals surface area contributed by atoms with Crippen molar-refractivity contribution in [3.05, 3.63) is 0 Å². The Hall–Kier alpha value is -1.59. The van der Waals surface area contributed by atoms with Gasteiger partial charge in [-0.25, -0.2) is 0 Å². The lowest BCUT2D eigenvalue weighted by Crippen LogP contribution is -2.30. The number of esters is 3. The molecule has 0 amide bonds. The Bertz CT molecular complexity index is 859. The van der Waals surface area contributed by atoms with Gasteiger partial charge in [0.25, 0.3) is 0 Å². The Kier molecular flexibility index (Phi) is 44.2. The molecule has 6 heteroatoms.